The Morgan fingerprint density at radius 1 is 0.557 bits per heavy atom. The average Bonchev–Trinajstić information content (AvgIpc) is 4.10. The van der Waals surface area contributed by atoms with E-state index >= 15 is 0 Å². The number of rotatable bonds is 9. The summed E-state index contributed by atoms with van der Waals surface area (Å²) in [7, 11) is 0. The minimum Gasteiger partial charge on any atom is -0.510 e. The number of fused-ring (bicyclic) bond motifs is 4. The zero-order chi connectivity index (χ0) is 55.2. The van der Waals surface area contributed by atoms with E-state index in [0.717, 1.165) is 55.4 Å². The van der Waals surface area contributed by atoms with Crippen LogP contribution < -0.4 is 9.30 Å². The van der Waals surface area contributed by atoms with Gasteiger partial charge in [0.25, 0.3) is 6.33 Å². The maximum atomic E-state index is 9.24. The molecule has 70 heavy (non-hydrogen) atoms. The van der Waals surface area contributed by atoms with Crippen LogP contribution in [0.5, 0.6) is 11.5 Å². The van der Waals surface area contributed by atoms with Crippen LogP contribution in [0.15, 0.2) is 224 Å². The zero-order valence-electron chi connectivity index (χ0n) is 48.1. The zero-order valence-corrected chi connectivity index (χ0v) is 40.4. The van der Waals surface area contributed by atoms with Gasteiger partial charge in [-0.2, -0.15) is 18.2 Å². The second-order valence-electron chi connectivity index (χ2n) is 17.6. The molecule has 0 radical (unpaired) electrons. The van der Waals surface area contributed by atoms with Gasteiger partial charge in [0.2, 0.25) is 0 Å². The van der Waals surface area contributed by atoms with Gasteiger partial charge in [0.15, 0.2) is 0 Å². The van der Waals surface area contributed by atoms with Crippen molar-refractivity contribution in [1.82, 2.24) is 14.1 Å². The number of aromatic nitrogens is 4. The van der Waals surface area contributed by atoms with E-state index in [4.69, 9.17) is 17.9 Å². The Kier molecular flexibility index (Phi) is 9.00. The van der Waals surface area contributed by atoms with Crippen LogP contribution in [0, 0.1) is 18.5 Å². The topological polar surface area (TPSA) is 35.9 Å². The van der Waals surface area contributed by atoms with Crippen LogP contribution in [-0.2, 0) is 26.5 Å². The van der Waals surface area contributed by atoms with Gasteiger partial charge in [0.1, 0.15) is 5.82 Å². The fraction of sp³-hybridized carbons (Fsp3) is 0.0625. The van der Waals surface area contributed by atoms with E-state index in [-0.39, 0.29) is 54.4 Å². The molecule has 12 aromatic rings. The second kappa shape index (κ2) is 18.4. The number of nitrogens with zero attached hydrogens (tertiary/aromatic N) is 4. The molecule has 0 atom stereocenters. The number of imidazole rings is 1. The molecule has 340 valence electrons. The molecule has 3 heterocycles. The van der Waals surface area contributed by atoms with E-state index in [1.165, 1.54) is 0 Å². The van der Waals surface area contributed by atoms with Crippen LogP contribution in [-0.4, -0.2) is 14.1 Å². The summed E-state index contributed by atoms with van der Waals surface area (Å²) in [5.41, 5.74) is 7.91. The standard InChI is InChI=1S/C64H46N4O.Pt/c1-64(2,3)47-38-39-65-61(40-47)68-58-34-16-15-30-55(58)56-37-36-50(42-60(56)68)69-49-27-17-26-48(41-49)66-43-67(62-52(45-22-9-5-10-23-45)31-18-32-53(62)46-24-11-6-12-25-46)59-35-19-33-57(63(59)66)54-29-14-13-28-51(54)44-20-7-4-8-21-44;/h4-40H,1-3H3;/q-2;/i5D,6D,9D,10D,11D,12D,22D,23D,24D,25D;. The smallest absolute Gasteiger partial charge is 0.268 e. The van der Waals surface area contributed by atoms with Crippen LogP contribution in [0.1, 0.15) is 40.0 Å². The van der Waals surface area contributed by atoms with Crippen molar-refractivity contribution in [2.24, 2.45) is 0 Å². The third-order valence-electron chi connectivity index (χ3n) is 12.4. The van der Waals surface area contributed by atoms with Gasteiger partial charge in [-0.3, -0.25) is 4.57 Å². The second-order valence-corrected chi connectivity index (χ2v) is 17.6. The summed E-state index contributed by atoms with van der Waals surface area (Å²) in [6.45, 7) is 6.51. The summed E-state index contributed by atoms with van der Waals surface area (Å²) >= 11 is 0. The van der Waals surface area contributed by atoms with E-state index < -0.39 is 60.4 Å². The van der Waals surface area contributed by atoms with Crippen LogP contribution >= 0.6 is 0 Å². The first kappa shape index (κ1) is 34.2. The summed E-state index contributed by atoms with van der Waals surface area (Å²) in [5.74, 6) is 1.50. The van der Waals surface area contributed by atoms with Gasteiger partial charge in [-0.15, -0.1) is 29.7 Å². The van der Waals surface area contributed by atoms with Crippen molar-refractivity contribution in [1.29, 1.82) is 0 Å². The van der Waals surface area contributed by atoms with Gasteiger partial charge >= 0.3 is 0 Å². The Balaban J connectivity index is 0.00000675. The van der Waals surface area contributed by atoms with Gasteiger partial charge in [-0.25, -0.2) is 4.98 Å². The van der Waals surface area contributed by atoms with Crippen molar-refractivity contribution in [2.45, 2.75) is 26.2 Å². The third kappa shape index (κ3) is 8.02. The number of hydrogen-bond donors (Lipinski definition) is 0. The number of ether oxygens (including phenoxy) is 1. The van der Waals surface area contributed by atoms with Crippen LogP contribution in [0.25, 0.3) is 94.5 Å². The maximum absolute atomic E-state index is 9.24. The average molecular weight is 1090 g/mol. The molecule has 0 amide bonds. The van der Waals surface area contributed by atoms with E-state index in [0.29, 0.717) is 28.2 Å². The van der Waals surface area contributed by atoms with Crippen molar-refractivity contribution < 1.29 is 44.1 Å². The van der Waals surface area contributed by atoms with Crippen LogP contribution in [0.3, 0.4) is 0 Å². The summed E-state index contributed by atoms with van der Waals surface area (Å²) in [6, 6.07) is 51.9. The molecule has 0 unspecified atom stereocenters. The van der Waals surface area contributed by atoms with Gasteiger partial charge < -0.3 is 13.9 Å². The van der Waals surface area contributed by atoms with E-state index in [9.17, 15) is 5.48 Å². The largest absolute Gasteiger partial charge is 0.510 e. The Morgan fingerprint density at radius 3 is 1.93 bits per heavy atom. The van der Waals surface area contributed by atoms with E-state index in [1.807, 2.05) is 126 Å². The van der Waals surface area contributed by atoms with Crippen LogP contribution in [0.4, 0.5) is 0 Å². The number of hydrogen-bond acceptors (Lipinski definition) is 2. The summed E-state index contributed by atoms with van der Waals surface area (Å²) < 4.78 is 101. The molecule has 0 spiro atoms. The molecule has 0 aliphatic heterocycles. The molecule has 5 nitrogen and oxygen atoms in total. The molecule has 12 rings (SSSR count). The SMILES string of the molecule is [2H]c1c([2H])c([2H])c(-c2cccc(-c3c([2H])c([2H])c([2H])c([2H])c3[2H])c2-[n+]2[c-]n(-c3[c-]c(Oc4[c-]c5c(cc4)c4ccccc4n5-c4cc(C(C)(C)C)ccn4)ccc3)c3c(-c4ccccc4-c4ccccc4)cccc32)c([2H])c1[2H].[Pt]. The molecule has 0 aliphatic carbocycles. The number of benzene rings is 9. The molecule has 0 saturated carbocycles. The van der Waals surface area contributed by atoms with E-state index in [1.54, 1.807) is 28.8 Å². The fourth-order valence-electron chi connectivity index (χ4n) is 9.18. The first-order valence-electron chi connectivity index (χ1n) is 27.6. The molecule has 0 fully saturated rings. The number of para-hydroxylation sites is 3. The first-order valence-corrected chi connectivity index (χ1v) is 22.6. The molecule has 0 N–H and O–H groups in total. The Morgan fingerprint density at radius 2 is 1.19 bits per heavy atom. The molecular formula is C64H46N4OPt-2. The molecule has 3 aromatic heterocycles. The predicted octanol–water partition coefficient (Wildman–Crippen LogP) is 15.6. The summed E-state index contributed by atoms with van der Waals surface area (Å²) in [6.07, 6.45) is 5.40. The Labute approximate surface area is 436 Å². The molecule has 6 heteroatoms. The van der Waals surface area contributed by atoms with Crippen molar-refractivity contribution in [3.63, 3.8) is 0 Å². The van der Waals surface area contributed by atoms with Crippen LogP contribution in [0.2, 0.25) is 0 Å². The van der Waals surface area contributed by atoms with Crippen molar-refractivity contribution in [3.8, 4) is 73.2 Å². The number of pyridine rings is 1. The monoisotopic (exact) mass is 1090 g/mol. The summed E-state index contributed by atoms with van der Waals surface area (Å²) in [5, 5.41) is 2.00. The molecule has 0 aliphatic rings. The Hall–Kier alpha value is -8.11. The summed E-state index contributed by atoms with van der Waals surface area (Å²) in [4.78, 5) is 4.84. The Bertz CT molecular complexity index is 4330. The van der Waals surface area contributed by atoms with Crippen molar-refractivity contribution in [3.05, 3.63) is 248 Å². The molecule has 0 bridgehead atoms. The van der Waals surface area contributed by atoms with E-state index in [2.05, 4.69) is 62.0 Å². The van der Waals surface area contributed by atoms with Crippen molar-refractivity contribution in [2.75, 3.05) is 0 Å². The quantitative estimate of drug-likeness (QED) is 0.107. The van der Waals surface area contributed by atoms with Gasteiger partial charge in [0, 0.05) is 44.3 Å². The van der Waals surface area contributed by atoms with Gasteiger partial charge in [-0.1, -0.05) is 196 Å². The molecular weight excluding hydrogens is 1040 g/mol. The predicted molar refractivity (Wildman–Crippen MR) is 280 cm³/mol. The first-order chi connectivity index (χ1) is 38.0. The van der Waals surface area contributed by atoms with Gasteiger partial charge in [0.05, 0.1) is 30.4 Å². The normalized spacial score (nSPS) is 13.5. The molecule has 0 saturated heterocycles. The minimum absolute atomic E-state index is 0. The maximum Gasteiger partial charge on any atom is 0.268 e. The fourth-order valence-corrected chi connectivity index (χ4v) is 9.18. The minimum atomic E-state index is -0.583. The third-order valence-corrected chi connectivity index (χ3v) is 12.4. The molecule has 9 aromatic carbocycles. The van der Waals surface area contributed by atoms with Gasteiger partial charge in [-0.05, 0) is 84.8 Å². The van der Waals surface area contributed by atoms with Crippen molar-refractivity contribution >= 4 is 32.8 Å².